The average molecular weight is 232 g/mol. The minimum atomic E-state index is 0.0533. The van der Waals surface area contributed by atoms with E-state index in [1.54, 1.807) is 0 Å². The molecule has 5 atom stereocenters. The third kappa shape index (κ3) is 1.94. The highest BCUT2D eigenvalue weighted by molar-refractivity contribution is 5.79. The molecule has 17 heavy (non-hydrogen) atoms. The summed E-state index contributed by atoms with van der Waals surface area (Å²) in [5, 5.41) is 12.2. The smallest absolute Gasteiger partial charge is 0.223 e. The molecule has 3 aliphatic rings. The Labute approximate surface area is 103 Å². The molecule has 5 unspecified atom stereocenters. The number of rotatable bonds is 2. The molecule has 3 aliphatic carbocycles. The molecule has 3 saturated carbocycles. The van der Waals surface area contributed by atoms with Crippen molar-refractivity contribution in [1.29, 1.82) is 5.26 Å². The molecular weight excluding hydrogens is 212 g/mol. The summed E-state index contributed by atoms with van der Waals surface area (Å²) >= 11 is 0. The Balaban J connectivity index is 1.59. The van der Waals surface area contributed by atoms with Gasteiger partial charge in [0.25, 0.3) is 0 Å². The van der Waals surface area contributed by atoms with E-state index in [9.17, 15) is 4.79 Å². The van der Waals surface area contributed by atoms with Crippen LogP contribution in [0.4, 0.5) is 0 Å². The van der Waals surface area contributed by atoms with Gasteiger partial charge in [-0.25, -0.2) is 0 Å². The van der Waals surface area contributed by atoms with Crippen molar-refractivity contribution in [2.75, 3.05) is 0 Å². The van der Waals surface area contributed by atoms with Crippen molar-refractivity contribution in [2.45, 2.75) is 51.0 Å². The second-order valence-electron chi connectivity index (χ2n) is 6.06. The van der Waals surface area contributed by atoms with Crippen LogP contribution in [0.25, 0.3) is 0 Å². The zero-order valence-corrected chi connectivity index (χ0v) is 10.2. The third-order valence-corrected chi connectivity index (χ3v) is 5.08. The number of nitrogens with zero attached hydrogens (tertiary/aromatic N) is 1. The predicted molar refractivity (Wildman–Crippen MR) is 63.8 cm³/mol. The number of nitrogens with one attached hydrogen (secondary N) is 1. The summed E-state index contributed by atoms with van der Waals surface area (Å²) in [5.74, 6) is 2.00. The zero-order valence-electron chi connectivity index (χ0n) is 10.2. The Morgan fingerprint density at radius 3 is 2.71 bits per heavy atom. The maximum Gasteiger partial charge on any atom is 0.223 e. The first-order chi connectivity index (χ1) is 8.28. The molecule has 3 nitrogen and oxygen atoms in total. The van der Waals surface area contributed by atoms with Gasteiger partial charge >= 0.3 is 0 Å². The molecule has 3 heteroatoms. The SMILES string of the molecule is N#CC1CCCC1NC(=O)C1CC2CCC1C2. The molecule has 0 radical (unpaired) electrons. The summed E-state index contributed by atoms with van der Waals surface area (Å²) in [6.07, 6.45) is 7.97. The van der Waals surface area contributed by atoms with Crippen molar-refractivity contribution < 1.29 is 4.79 Å². The van der Waals surface area contributed by atoms with Gasteiger partial charge in [-0.2, -0.15) is 5.26 Å². The molecule has 0 saturated heterocycles. The van der Waals surface area contributed by atoms with Crippen LogP contribution in [0.1, 0.15) is 44.9 Å². The number of carbonyl (C=O) groups excluding carboxylic acids is 1. The van der Waals surface area contributed by atoms with Gasteiger partial charge in [0.2, 0.25) is 5.91 Å². The molecular formula is C14H20N2O. The minimum absolute atomic E-state index is 0.0533. The van der Waals surface area contributed by atoms with Crippen molar-refractivity contribution >= 4 is 5.91 Å². The van der Waals surface area contributed by atoms with Crippen molar-refractivity contribution in [1.82, 2.24) is 5.32 Å². The van der Waals surface area contributed by atoms with Gasteiger partial charge in [-0.3, -0.25) is 4.79 Å². The van der Waals surface area contributed by atoms with Gasteiger partial charge < -0.3 is 5.32 Å². The largest absolute Gasteiger partial charge is 0.352 e. The van der Waals surface area contributed by atoms with Crippen molar-refractivity contribution in [3.63, 3.8) is 0 Å². The molecule has 2 bridgehead atoms. The van der Waals surface area contributed by atoms with Crippen LogP contribution in [0, 0.1) is 35.0 Å². The Morgan fingerprint density at radius 2 is 2.06 bits per heavy atom. The van der Waals surface area contributed by atoms with Crippen LogP contribution in [-0.2, 0) is 4.79 Å². The summed E-state index contributed by atoms with van der Waals surface area (Å²) < 4.78 is 0. The summed E-state index contributed by atoms with van der Waals surface area (Å²) in [5.41, 5.74) is 0. The van der Waals surface area contributed by atoms with Gasteiger partial charge in [-0.1, -0.05) is 6.42 Å². The normalized spacial score (nSPS) is 43.6. The number of nitriles is 1. The molecule has 0 aliphatic heterocycles. The molecule has 0 heterocycles. The van der Waals surface area contributed by atoms with Crippen LogP contribution in [-0.4, -0.2) is 11.9 Å². The van der Waals surface area contributed by atoms with Crippen LogP contribution >= 0.6 is 0 Å². The molecule has 3 fully saturated rings. The summed E-state index contributed by atoms with van der Waals surface area (Å²) in [7, 11) is 0. The molecule has 0 aromatic carbocycles. The van der Waals surface area contributed by atoms with E-state index in [0.717, 1.165) is 31.6 Å². The van der Waals surface area contributed by atoms with Crippen LogP contribution in [0.2, 0.25) is 0 Å². The van der Waals surface area contributed by atoms with Crippen molar-refractivity contribution in [3.05, 3.63) is 0 Å². The van der Waals surface area contributed by atoms with E-state index in [2.05, 4.69) is 11.4 Å². The molecule has 3 rings (SSSR count). The Hall–Kier alpha value is -1.04. The lowest BCUT2D eigenvalue weighted by Gasteiger charge is -2.24. The fourth-order valence-corrected chi connectivity index (χ4v) is 4.14. The Kier molecular flexibility index (Phi) is 2.82. The van der Waals surface area contributed by atoms with Gasteiger partial charge in [0.15, 0.2) is 0 Å². The van der Waals surface area contributed by atoms with E-state index in [-0.39, 0.29) is 23.8 Å². The summed E-state index contributed by atoms with van der Waals surface area (Å²) in [4.78, 5) is 12.2. The first-order valence-electron chi connectivity index (χ1n) is 6.98. The van der Waals surface area contributed by atoms with E-state index in [1.165, 1.54) is 19.3 Å². The van der Waals surface area contributed by atoms with Crippen molar-refractivity contribution in [2.24, 2.45) is 23.7 Å². The third-order valence-electron chi connectivity index (χ3n) is 5.08. The first kappa shape index (κ1) is 11.1. The van der Waals surface area contributed by atoms with Crippen molar-refractivity contribution in [3.8, 4) is 6.07 Å². The Morgan fingerprint density at radius 1 is 1.18 bits per heavy atom. The summed E-state index contributed by atoms with van der Waals surface area (Å²) in [6.45, 7) is 0. The number of fused-ring (bicyclic) bond motifs is 2. The number of amides is 1. The van der Waals surface area contributed by atoms with E-state index in [0.29, 0.717) is 5.92 Å². The fraction of sp³-hybridized carbons (Fsp3) is 0.857. The molecule has 0 aromatic heterocycles. The number of hydrogen-bond acceptors (Lipinski definition) is 2. The van der Waals surface area contributed by atoms with Gasteiger partial charge in [-0.05, 0) is 50.4 Å². The molecule has 0 spiro atoms. The Bertz CT molecular complexity index is 360. The minimum Gasteiger partial charge on any atom is -0.352 e. The van der Waals surface area contributed by atoms with Gasteiger partial charge in [0.1, 0.15) is 0 Å². The maximum atomic E-state index is 12.2. The topological polar surface area (TPSA) is 52.9 Å². The second kappa shape index (κ2) is 4.33. The molecule has 0 aromatic rings. The highest BCUT2D eigenvalue weighted by Crippen LogP contribution is 2.48. The molecule has 1 amide bonds. The maximum absolute atomic E-state index is 12.2. The lowest BCUT2D eigenvalue weighted by atomic mass is 9.88. The van der Waals surface area contributed by atoms with Gasteiger partial charge in [0, 0.05) is 12.0 Å². The van der Waals surface area contributed by atoms with Gasteiger partial charge in [-0.15, -0.1) is 0 Å². The number of carbonyl (C=O) groups is 1. The fourth-order valence-electron chi connectivity index (χ4n) is 4.14. The zero-order chi connectivity index (χ0) is 11.8. The quantitative estimate of drug-likeness (QED) is 0.793. The van der Waals surface area contributed by atoms with E-state index in [4.69, 9.17) is 5.26 Å². The van der Waals surface area contributed by atoms with Crippen LogP contribution < -0.4 is 5.32 Å². The summed E-state index contributed by atoms with van der Waals surface area (Å²) in [6, 6.07) is 2.46. The van der Waals surface area contributed by atoms with E-state index in [1.807, 2.05) is 0 Å². The first-order valence-corrected chi connectivity index (χ1v) is 6.98. The monoisotopic (exact) mass is 232 g/mol. The van der Waals surface area contributed by atoms with Crippen LogP contribution in [0.3, 0.4) is 0 Å². The van der Waals surface area contributed by atoms with E-state index < -0.39 is 0 Å². The standard InChI is InChI=1S/C14H20N2O/c15-8-11-2-1-3-13(11)16-14(17)12-7-9-4-5-10(12)6-9/h9-13H,1-7H2,(H,16,17). The van der Waals surface area contributed by atoms with Gasteiger partial charge in [0.05, 0.1) is 12.0 Å². The average Bonchev–Trinajstić information content (AvgIpc) is 3.03. The lowest BCUT2D eigenvalue weighted by Crippen LogP contribution is -2.42. The van der Waals surface area contributed by atoms with Crippen LogP contribution in [0.15, 0.2) is 0 Å². The number of hydrogen-bond donors (Lipinski definition) is 1. The second-order valence-corrected chi connectivity index (χ2v) is 6.06. The molecule has 1 N–H and O–H groups in total. The van der Waals surface area contributed by atoms with E-state index >= 15 is 0 Å². The molecule has 92 valence electrons. The highest BCUT2D eigenvalue weighted by Gasteiger charge is 2.43. The predicted octanol–water partition coefficient (Wildman–Crippen LogP) is 2.23. The van der Waals surface area contributed by atoms with Crippen LogP contribution in [0.5, 0.6) is 0 Å². The highest BCUT2D eigenvalue weighted by atomic mass is 16.2. The lowest BCUT2D eigenvalue weighted by molar-refractivity contribution is -0.127.